The Morgan fingerprint density at radius 1 is 1.15 bits per heavy atom. The first kappa shape index (κ1) is 18.0. The summed E-state index contributed by atoms with van der Waals surface area (Å²) in [4.78, 5) is 40.0. The molecule has 0 saturated carbocycles. The van der Waals surface area contributed by atoms with E-state index in [1.54, 1.807) is 11.6 Å². The number of thioether (sulfide) groups is 1. The van der Waals surface area contributed by atoms with Gasteiger partial charge >= 0.3 is 11.7 Å². The number of carboxylic acid groups (broad SMARTS) is 1. The van der Waals surface area contributed by atoms with Crippen LogP contribution in [0.25, 0.3) is 11.2 Å². The van der Waals surface area contributed by atoms with Crippen LogP contribution in [0.15, 0.2) is 45.1 Å². The quantitative estimate of drug-likeness (QED) is 0.648. The molecule has 8 nitrogen and oxygen atoms in total. The van der Waals surface area contributed by atoms with Crippen molar-refractivity contribution >= 4 is 28.9 Å². The van der Waals surface area contributed by atoms with Crippen LogP contribution >= 0.6 is 11.8 Å². The van der Waals surface area contributed by atoms with Crippen molar-refractivity contribution in [3.8, 4) is 0 Å². The van der Waals surface area contributed by atoms with E-state index in [1.807, 2.05) is 30.3 Å². The molecule has 3 aromatic rings. The maximum atomic E-state index is 12.5. The van der Waals surface area contributed by atoms with Gasteiger partial charge in [0.15, 0.2) is 16.3 Å². The number of benzene rings is 1. The van der Waals surface area contributed by atoms with Crippen molar-refractivity contribution in [1.29, 1.82) is 0 Å². The number of aliphatic carboxylic acids is 1. The Hall–Kier alpha value is -2.81. The van der Waals surface area contributed by atoms with Gasteiger partial charge in [-0.25, -0.2) is 9.78 Å². The van der Waals surface area contributed by atoms with Gasteiger partial charge in [-0.2, -0.15) is 0 Å². The molecule has 0 spiro atoms. The molecular weight excluding hydrogens is 356 g/mol. The van der Waals surface area contributed by atoms with Crippen molar-refractivity contribution in [2.24, 2.45) is 14.1 Å². The van der Waals surface area contributed by atoms with E-state index in [1.165, 1.54) is 23.4 Å². The fourth-order valence-corrected chi connectivity index (χ4v) is 3.64. The van der Waals surface area contributed by atoms with Crippen LogP contribution < -0.4 is 11.2 Å². The number of carboxylic acids is 1. The summed E-state index contributed by atoms with van der Waals surface area (Å²) in [7, 11) is 3.01. The molecule has 2 aromatic heterocycles. The van der Waals surface area contributed by atoms with Gasteiger partial charge in [0.25, 0.3) is 5.56 Å². The minimum Gasteiger partial charge on any atom is -0.481 e. The van der Waals surface area contributed by atoms with Crippen molar-refractivity contribution < 1.29 is 9.90 Å². The molecule has 2 heterocycles. The minimum atomic E-state index is -0.897. The standard InChI is InChI=1S/C17H18N4O4S/c1-19-14-13(15(24)20(2)17(19)25)18-16(26-9-8-12(22)23)21(14)10-11-6-4-3-5-7-11/h3-7H,8-10H2,1-2H3,(H,22,23). The molecule has 0 aliphatic heterocycles. The third-order valence-electron chi connectivity index (χ3n) is 4.04. The summed E-state index contributed by atoms with van der Waals surface area (Å²) in [6.45, 7) is 0.424. The van der Waals surface area contributed by atoms with Crippen LogP contribution in [-0.2, 0) is 25.4 Å². The second-order valence-electron chi connectivity index (χ2n) is 5.84. The smallest absolute Gasteiger partial charge is 0.332 e. The molecule has 0 amide bonds. The van der Waals surface area contributed by atoms with Crippen LogP contribution in [0.3, 0.4) is 0 Å². The third-order valence-corrected chi connectivity index (χ3v) is 5.01. The number of nitrogens with zero attached hydrogens (tertiary/aromatic N) is 4. The molecule has 0 bridgehead atoms. The molecule has 9 heteroatoms. The normalized spacial score (nSPS) is 11.2. The predicted molar refractivity (Wildman–Crippen MR) is 98.7 cm³/mol. The number of carbonyl (C=O) groups is 1. The van der Waals surface area contributed by atoms with E-state index in [0.717, 1.165) is 10.1 Å². The summed E-state index contributed by atoms with van der Waals surface area (Å²) in [5, 5.41) is 9.37. The largest absolute Gasteiger partial charge is 0.481 e. The summed E-state index contributed by atoms with van der Waals surface area (Å²) in [5.74, 6) is -0.576. The SMILES string of the molecule is Cn1c(=O)c2nc(SCCC(=O)O)n(Cc3ccccc3)c2n(C)c1=O. The monoisotopic (exact) mass is 374 g/mol. The second-order valence-corrected chi connectivity index (χ2v) is 6.90. The van der Waals surface area contributed by atoms with Crippen molar-refractivity contribution in [2.45, 2.75) is 18.1 Å². The molecule has 0 aliphatic carbocycles. The highest BCUT2D eigenvalue weighted by Crippen LogP contribution is 2.23. The third kappa shape index (κ3) is 3.30. The Balaban J connectivity index is 2.18. The summed E-state index contributed by atoms with van der Waals surface area (Å²) >= 11 is 1.26. The van der Waals surface area contributed by atoms with Gasteiger partial charge in [-0.1, -0.05) is 42.1 Å². The summed E-state index contributed by atoms with van der Waals surface area (Å²) in [6.07, 6.45) is -0.0177. The molecule has 0 atom stereocenters. The average molecular weight is 374 g/mol. The van der Waals surface area contributed by atoms with Gasteiger partial charge in [0.1, 0.15) is 0 Å². The molecule has 136 valence electrons. The zero-order valence-corrected chi connectivity index (χ0v) is 15.2. The lowest BCUT2D eigenvalue weighted by Gasteiger charge is -2.11. The maximum Gasteiger partial charge on any atom is 0.332 e. The van der Waals surface area contributed by atoms with E-state index >= 15 is 0 Å². The molecule has 0 radical (unpaired) electrons. The van der Waals surface area contributed by atoms with Gasteiger partial charge in [-0.05, 0) is 5.56 Å². The number of imidazole rings is 1. The van der Waals surface area contributed by atoms with E-state index in [-0.39, 0.29) is 11.9 Å². The van der Waals surface area contributed by atoms with Crippen molar-refractivity contribution in [3.63, 3.8) is 0 Å². The van der Waals surface area contributed by atoms with Crippen LogP contribution in [0.1, 0.15) is 12.0 Å². The summed E-state index contributed by atoms with van der Waals surface area (Å²) < 4.78 is 4.21. The number of aryl methyl sites for hydroxylation is 1. The Bertz CT molecular complexity index is 1080. The zero-order chi connectivity index (χ0) is 18.8. The highest BCUT2D eigenvalue weighted by molar-refractivity contribution is 7.99. The Kier molecular flexibility index (Phi) is 4.99. The lowest BCUT2D eigenvalue weighted by Crippen LogP contribution is -2.37. The zero-order valence-electron chi connectivity index (χ0n) is 14.4. The van der Waals surface area contributed by atoms with Crippen molar-refractivity contribution in [3.05, 3.63) is 56.7 Å². The van der Waals surface area contributed by atoms with E-state index in [0.29, 0.717) is 23.1 Å². The highest BCUT2D eigenvalue weighted by Gasteiger charge is 2.19. The summed E-state index contributed by atoms with van der Waals surface area (Å²) in [5.41, 5.74) is 0.719. The molecule has 0 aliphatic rings. The van der Waals surface area contributed by atoms with Gasteiger partial charge in [-0.3, -0.25) is 18.7 Å². The number of rotatable bonds is 6. The van der Waals surface area contributed by atoms with Gasteiger partial charge in [0.05, 0.1) is 13.0 Å². The first-order valence-electron chi connectivity index (χ1n) is 7.95. The maximum absolute atomic E-state index is 12.5. The fourth-order valence-electron chi connectivity index (χ4n) is 2.72. The van der Waals surface area contributed by atoms with Gasteiger partial charge in [0.2, 0.25) is 0 Å². The number of fused-ring (bicyclic) bond motifs is 1. The molecular formula is C17H18N4O4S. The molecule has 1 aromatic carbocycles. The molecule has 0 saturated heterocycles. The Morgan fingerprint density at radius 3 is 2.50 bits per heavy atom. The number of hydrogen-bond donors (Lipinski definition) is 1. The van der Waals surface area contributed by atoms with Crippen LogP contribution in [0.4, 0.5) is 0 Å². The highest BCUT2D eigenvalue weighted by atomic mass is 32.2. The lowest BCUT2D eigenvalue weighted by atomic mass is 10.2. The van der Waals surface area contributed by atoms with Crippen molar-refractivity contribution in [2.75, 3.05) is 5.75 Å². The molecule has 1 N–H and O–H groups in total. The number of aromatic nitrogens is 4. The minimum absolute atomic E-state index is 0.0177. The molecule has 0 unspecified atom stereocenters. The van der Waals surface area contributed by atoms with E-state index in [9.17, 15) is 14.4 Å². The number of hydrogen-bond acceptors (Lipinski definition) is 5. The first-order chi connectivity index (χ1) is 12.4. The first-order valence-corrected chi connectivity index (χ1v) is 8.93. The van der Waals surface area contributed by atoms with Crippen LogP contribution in [-0.4, -0.2) is 35.5 Å². The van der Waals surface area contributed by atoms with Gasteiger partial charge in [-0.15, -0.1) is 0 Å². The van der Waals surface area contributed by atoms with Gasteiger partial charge < -0.3 is 9.67 Å². The Labute approximate surface area is 152 Å². The topological polar surface area (TPSA) is 99.1 Å². The Morgan fingerprint density at radius 2 is 1.85 bits per heavy atom. The second kappa shape index (κ2) is 7.20. The summed E-state index contributed by atoms with van der Waals surface area (Å²) in [6, 6.07) is 9.60. The molecule has 0 fully saturated rings. The van der Waals surface area contributed by atoms with Crippen molar-refractivity contribution in [1.82, 2.24) is 18.7 Å². The van der Waals surface area contributed by atoms with Crippen LogP contribution in [0.2, 0.25) is 0 Å². The fraction of sp³-hybridized carbons (Fsp3) is 0.294. The van der Waals surface area contributed by atoms with E-state index < -0.39 is 17.2 Å². The van der Waals surface area contributed by atoms with E-state index in [4.69, 9.17) is 5.11 Å². The van der Waals surface area contributed by atoms with Gasteiger partial charge in [0, 0.05) is 19.8 Å². The lowest BCUT2D eigenvalue weighted by molar-refractivity contribution is -0.136. The molecule has 26 heavy (non-hydrogen) atoms. The van der Waals surface area contributed by atoms with Crippen LogP contribution in [0.5, 0.6) is 0 Å². The predicted octanol–water partition coefficient (Wildman–Crippen LogP) is 1.05. The molecule has 3 rings (SSSR count). The average Bonchev–Trinajstić information content (AvgIpc) is 2.97. The van der Waals surface area contributed by atoms with E-state index in [2.05, 4.69) is 4.98 Å². The van der Waals surface area contributed by atoms with Crippen LogP contribution in [0, 0.1) is 0 Å².